The zero-order chi connectivity index (χ0) is 14.0. The topological polar surface area (TPSA) is 29.1 Å². The molecule has 0 unspecified atom stereocenters. The molecule has 0 aliphatic rings. The molecule has 0 aliphatic heterocycles. The van der Waals surface area contributed by atoms with Gasteiger partial charge in [-0.15, -0.1) is 0 Å². The first kappa shape index (κ1) is 14.6. The highest BCUT2D eigenvalue weighted by molar-refractivity contribution is 14.1. The van der Waals surface area contributed by atoms with Gasteiger partial charge in [-0.25, -0.2) is 0 Å². The Morgan fingerprint density at radius 3 is 2.63 bits per heavy atom. The van der Waals surface area contributed by atoms with Gasteiger partial charge in [-0.3, -0.25) is 4.79 Å². The molecule has 0 aliphatic carbocycles. The number of carbonyl (C=O) groups excluding carboxylic acids is 1. The van der Waals surface area contributed by atoms with Crippen LogP contribution in [0, 0.1) is 10.5 Å². The molecule has 19 heavy (non-hydrogen) atoms. The summed E-state index contributed by atoms with van der Waals surface area (Å²) in [7, 11) is 0. The van der Waals surface area contributed by atoms with Crippen LogP contribution in [0.25, 0.3) is 0 Å². The van der Waals surface area contributed by atoms with Crippen LogP contribution in [0.3, 0.4) is 0 Å². The van der Waals surface area contributed by atoms with Crippen molar-refractivity contribution in [2.24, 2.45) is 0 Å². The third-order valence-corrected chi connectivity index (χ3v) is 4.12. The maximum Gasteiger partial charge on any atom is 0.256 e. The molecule has 0 saturated carbocycles. The van der Waals surface area contributed by atoms with Gasteiger partial charge in [0, 0.05) is 8.59 Å². The number of amides is 1. The van der Waals surface area contributed by atoms with Crippen molar-refractivity contribution in [1.29, 1.82) is 0 Å². The van der Waals surface area contributed by atoms with Gasteiger partial charge in [0.05, 0.1) is 16.3 Å². The summed E-state index contributed by atoms with van der Waals surface area (Å²) in [6, 6.07) is 10.7. The van der Waals surface area contributed by atoms with E-state index in [0.717, 1.165) is 9.13 Å². The molecule has 0 bridgehead atoms. The lowest BCUT2D eigenvalue weighted by Gasteiger charge is -2.11. The molecule has 5 heteroatoms. The molecule has 2 nitrogen and oxygen atoms in total. The number of hydrogen-bond acceptors (Lipinski definition) is 1. The Balaban J connectivity index is 2.34. The van der Waals surface area contributed by atoms with E-state index < -0.39 is 0 Å². The molecular weight excluding hydrogens is 396 g/mol. The monoisotopic (exact) mass is 405 g/mol. The van der Waals surface area contributed by atoms with E-state index in [-0.39, 0.29) is 5.91 Å². The number of rotatable bonds is 2. The Bertz CT molecular complexity index is 623. The summed E-state index contributed by atoms with van der Waals surface area (Å²) < 4.78 is 0.837. The molecule has 0 radical (unpaired) electrons. The summed E-state index contributed by atoms with van der Waals surface area (Å²) in [5.41, 5.74) is 2.08. The van der Waals surface area contributed by atoms with Crippen LogP contribution in [0.2, 0.25) is 10.0 Å². The van der Waals surface area contributed by atoms with E-state index in [0.29, 0.717) is 21.3 Å². The number of benzene rings is 2. The number of nitrogens with one attached hydrogen (secondary N) is 1. The first-order valence-corrected chi connectivity index (χ1v) is 7.34. The molecule has 2 aromatic carbocycles. The molecule has 98 valence electrons. The lowest BCUT2D eigenvalue weighted by molar-refractivity contribution is 0.102. The van der Waals surface area contributed by atoms with Gasteiger partial charge in [0.15, 0.2) is 0 Å². The van der Waals surface area contributed by atoms with Crippen LogP contribution in [-0.4, -0.2) is 5.91 Å². The predicted octanol–water partition coefficient (Wildman–Crippen LogP) is 5.16. The highest BCUT2D eigenvalue weighted by Crippen LogP contribution is 2.27. The molecule has 1 amide bonds. The van der Waals surface area contributed by atoms with Gasteiger partial charge >= 0.3 is 0 Å². The van der Waals surface area contributed by atoms with E-state index >= 15 is 0 Å². The standard InChI is InChI=1S/C14H10Cl2INO/c1-8-3-2-4-11(16)13(8)18-14(19)10-7-9(15)5-6-12(10)17/h2-7H,1H3,(H,18,19). The normalized spacial score (nSPS) is 10.3. The average molecular weight is 406 g/mol. The van der Waals surface area contributed by atoms with Gasteiger partial charge in [0.2, 0.25) is 0 Å². The van der Waals surface area contributed by atoms with Crippen LogP contribution >= 0.6 is 45.8 Å². The van der Waals surface area contributed by atoms with E-state index in [1.54, 1.807) is 24.3 Å². The van der Waals surface area contributed by atoms with E-state index in [9.17, 15) is 4.79 Å². The second-order valence-corrected chi connectivity index (χ2v) is 6.02. The minimum Gasteiger partial charge on any atom is -0.320 e. The Morgan fingerprint density at radius 1 is 1.21 bits per heavy atom. The fourth-order valence-electron chi connectivity index (χ4n) is 1.64. The van der Waals surface area contributed by atoms with E-state index in [1.165, 1.54) is 0 Å². The summed E-state index contributed by atoms with van der Waals surface area (Å²) in [5, 5.41) is 3.88. The molecule has 0 aromatic heterocycles. The Morgan fingerprint density at radius 2 is 1.95 bits per heavy atom. The van der Waals surface area contributed by atoms with Crippen molar-refractivity contribution in [1.82, 2.24) is 0 Å². The van der Waals surface area contributed by atoms with Crippen LogP contribution in [0.5, 0.6) is 0 Å². The van der Waals surface area contributed by atoms with E-state index in [2.05, 4.69) is 27.9 Å². The van der Waals surface area contributed by atoms with Crippen LogP contribution in [0.15, 0.2) is 36.4 Å². The molecule has 0 saturated heterocycles. The fourth-order valence-corrected chi connectivity index (χ4v) is 2.66. The zero-order valence-electron chi connectivity index (χ0n) is 10.0. The number of anilines is 1. The van der Waals surface area contributed by atoms with Crippen molar-refractivity contribution in [3.63, 3.8) is 0 Å². The minimum atomic E-state index is -0.219. The van der Waals surface area contributed by atoms with Gasteiger partial charge in [-0.1, -0.05) is 35.3 Å². The van der Waals surface area contributed by atoms with Crippen molar-refractivity contribution in [3.8, 4) is 0 Å². The SMILES string of the molecule is Cc1cccc(Cl)c1NC(=O)c1cc(Cl)ccc1I. The van der Waals surface area contributed by atoms with Gasteiger partial charge in [0.25, 0.3) is 5.91 Å². The molecule has 0 heterocycles. The first-order chi connectivity index (χ1) is 8.99. The van der Waals surface area contributed by atoms with Crippen molar-refractivity contribution in [2.75, 3.05) is 5.32 Å². The van der Waals surface area contributed by atoms with E-state index in [1.807, 2.05) is 19.1 Å². The van der Waals surface area contributed by atoms with E-state index in [4.69, 9.17) is 23.2 Å². The summed E-state index contributed by atoms with van der Waals surface area (Å²) in [6.45, 7) is 1.89. The zero-order valence-corrected chi connectivity index (χ0v) is 13.7. The lowest BCUT2D eigenvalue weighted by Crippen LogP contribution is -2.14. The number of aryl methyl sites for hydroxylation is 1. The number of hydrogen-bond donors (Lipinski definition) is 1. The first-order valence-electron chi connectivity index (χ1n) is 5.50. The lowest BCUT2D eigenvalue weighted by atomic mass is 10.1. The number of halogens is 3. The minimum absolute atomic E-state index is 0.219. The molecule has 0 spiro atoms. The molecule has 2 aromatic rings. The van der Waals surface area contributed by atoms with Gasteiger partial charge in [-0.2, -0.15) is 0 Å². The quantitative estimate of drug-likeness (QED) is 0.687. The summed E-state index contributed by atoms with van der Waals surface area (Å²) >= 11 is 14.1. The Labute approximate surface area is 135 Å². The summed E-state index contributed by atoms with van der Waals surface area (Å²) in [6.07, 6.45) is 0. The number of para-hydroxylation sites is 1. The van der Waals surface area contributed by atoms with Crippen LogP contribution in [-0.2, 0) is 0 Å². The average Bonchev–Trinajstić information content (AvgIpc) is 2.37. The second-order valence-electron chi connectivity index (χ2n) is 4.01. The third kappa shape index (κ3) is 3.41. The van der Waals surface area contributed by atoms with Crippen LogP contribution in [0.4, 0.5) is 5.69 Å². The Kier molecular flexibility index (Phi) is 4.71. The maximum atomic E-state index is 12.3. The predicted molar refractivity (Wildman–Crippen MR) is 88.3 cm³/mol. The highest BCUT2D eigenvalue weighted by Gasteiger charge is 2.13. The van der Waals surface area contributed by atoms with Crippen molar-refractivity contribution >= 4 is 57.4 Å². The largest absolute Gasteiger partial charge is 0.320 e. The van der Waals surface area contributed by atoms with Crippen molar-refractivity contribution in [2.45, 2.75) is 6.92 Å². The fraction of sp³-hybridized carbons (Fsp3) is 0.0714. The molecule has 0 fully saturated rings. The molecular formula is C14H10Cl2INO. The third-order valence-electron chi connectivity index (χ3n) is 2.63. The summed E-state index contributed by atoms with van der Waals surface area (Å²) in [4.78, 5) is 12.3. The maximum absolute atomic E-state index is 12.3. The van der Waals surface area contributed by atoms with Crippen molar-refractivity contribution in [3.05, 3.63) is 61.1 Å². The van der Waals surface area contributed by atoms with Gasteiger partial charge in [-0.05, 0) is 59.3 Å². The van der Waals surface area contributed by atoms with Gasteiger partial charge in [0.1, 0.15) is 0 Å². The smallest absolute Gasteiger partial charge is 0.256 e. The van der Waals surface area contributed by atoms with Crippen LogP contribution in [0.1, 0.15) is 15.9 Å². The molecule has 0 atom stereocenters. The summed E-state index contributed by atoms with van der Waals surface area (Å²) in [5.74, 6) is -0.219. The van der Waals surface area contributed by atoms with Crippen molar-refractivity contribution < 1.29 is 4.79 Å². The van der Waals surface area contributed by atoms with Crippen LogP contribution < -0.4 is 5.32 Å². The second kappa shape index (κ2) is 6.11. The Hall–Kier alpha value is -0.780. The molecule has 1 N–H and O–H groups in total. The highest BCUT2D eigenvalue weighted by atomic mass is 127. The molecule has 2 rings (SSSR count). The van der Waals surface area contributed by atoms with Gasteiger partial charge < -0.3 is 5.32 Å². The number of carbonyl (C=O) groups is 1.